The summed E-state index contributed by atoms with van der Waals surface area (Å²) in [7, 11) is 0. The van der Waals surface area contributed by atoms with Gasteiger partial charge in [-0.1, -0.05) is 13.8 Å². The van der Waals surface area contributed by atoms with Gasteiger partial charge in [0.1, 0.15) is 0 Å². The monoisotopic (exact) mass is 236 g/mol. The summed E-state index contributed by atoms with van der Waals surface area (Å²) in [6.45, 7) is 11.2. The average Bonchev–Trinajstić information content (AvgIpc) is 3.06. The lowest BCUT2D eigenvalue weighted by atomic mass is 9.65. The topological polar surface area (TPSA) is 15.3 Å². The fourth-order valence-electron chi connectivity index (χ4n) is 4.57. The van der Waals surface area contributed by atoms with E-state index in [0.29, 0.717) is 5.41 Å². The Bertz CT molecular complexity index is 285. The zero-order chi connectivity index (χ0) is 12.0. The highest BCUT2D eigenvalue weighted by molar-refractivity contribution is 5.05. The Morgan fingerprint density at radius 3 is 2.71 bits per heavy atom. The van der Waals surface area contributed by atoms with Gasteiger partial charge in [0.25, 0.3) is 0 Å². The molecule has 1 spiro atoms. The first-order valence-corrected chi connectivity index (χ1v) is 7.59. The van der Waals surface area contributed by atoms with Gasteiger partial charge in [0, 0.05) is 18.6 Å². The van der Waals surface area contributed by atoms with Gasteiger partial charge in [0.15, 0.2) is 0 Å². The van der Waals surface area contributed by atoms with Crippen molar-refractivity contribution < 1.29 is 0 Å². The van der Waals surface area contributed by atoms with Crippen LogP contribution in [-0.2, 0) is 0 Å². The Labute approximate surface area is 106 Å². The number of hydrogen-bond donors (Lipinski definition) is 1. The minimum Gasteiger partial charge on any atom is -0.316 e. The lowest BCUT2D eigenvalue weighted by Gasteiger charge is -2.44. The van der Waals surface area contributed by atoms with E-state index in [-0.39, 0.29) is 0 Å². The molecule has 0 amide bonds. The van der Waals surface area contributed by atoms with E-state index < -0.39 is 0 Å². The summed E-state index contributed by atoms with van der Waals surface area (Å²) in [5.74, 6) is 1.72. The maximum atomic E-state index is 3.62. The SMILES string of the molecule is CC(C)C1CNCCC12CC(C)N(C1CC1)C2. The van der Waals surface area contributed by atoms with Crippen molar-refractivity contribution in [2.45, 2.75) is 58.5 Å². The molecular formula is C15H28N2. The molecule has 2 aliphatic heterocycles. The first kappa shape index (κ1) is 12.0. The summed E-state index contributed by atoms with van der Waals surface area (Å²) < 4.78 is 0. The Hall–Kier alpha value is -0.0800. The molecule has 0 bridgehead atoms. The summed E-state index contributed by atoms with van der Waals surface area (Å²) in [6.07, 6.45) is 5.79. The minimum absolute atomic E-state index is 0.640. The number of nitrogens with zero attached hydrogens (tertiary/aromatic N) is 1. The lowest BCUT2D eigenvalue weighted by molar-refractivity contribution is 0.0768. The van der Waals surface area contributed by atoms with Crippen molar-refractivity contribution >= 4 is 0 Å². The van der Waals surface area contributed by atoms with Crippen LogP contribution in [0.1, 0.15) is 46.5 Å². The van der Waals surface area contributed by atoms with E-state index in [1.807, 2.05) is 0 Å². The van der Waals surface area contributed by atoms with Gasteiger partial charge in [0.2, 0.25) is 0 Å². The molecule has 2 nitrogen and oxygen atoms in total. The molecule has 2 saturated heterocycles. The van der Waals surface area contributed by atoms with Crippen LogP contribution in [0.15, 0.2) is 0 Å². The average molecular weight is 236 g/mol. The van der Waals surface area contributed by atoms with Gasteiger partial charge in [-0.05, 0) is 62.9 Å². The highest BCUT2D eigenvalue weighted by Gasteiger charge is 2.51. The smallest absolute Gasteiger partial charge is 0.00994 e. The molecule has 3 aliphatic rings. The van der Waals surface area contributed by atoms with Gasteiger partial charge >= 0.3 is 0 Å². The molecule has 0 aromatic rings. The maximum absolute atomic E-state index is 3.62. The number of piperidine rings is 1. The quantitative estimate of drug-likeness (QED) is 0.792. The Balaban J connectivity index is 1.79. The molecule has 0 aromatic heterocycles. The third kappa shape index (κ3) is 2.04. The third-order valence-electron chi connectivity index (χ3n) is 5.54. The van der Waals surface area contributed by atoms with Crippen molar-refractivity contribution in [3.8, 4) is 0 Å². The fourth-order valence-corrected chi connectivity index (χ4v) is 4.57. The Morgan fingerprint density at radius 2 is 2.06 bits per heavy atom. The van der Waals surface area contributed by atoms with Crippen LogP contribution in [0.2, 0.25) is 0 Å². The highest BCUT2D eigenvalue weighted by atomic mass is 15.2. The van der Waals surface area contributed by atoms with E-state index in [9.17, 15) is 0 Å². The van der Waals surface area contributed by atoms with Crippen molar-refractivity contribution in [2.24, 2.45) is 17.3 Å². The molecule has 3 rings (SSSR count). The fraction of sp³-hybridized carbons (Fsp3) is 1.00. The zero-order valence-electron chi connectivity index (χ0n) is 11.7. The highest BCUT2D eigenvalue weighted by Crippen LogP contribution is 2.50. The Kier molecular flexibility index (Phi) is 2.99. The van der Waals surface area contributed by atoms with Crippen LogP contribution in [0.25, 0.3) is 0 Å². The predicted molar refractivity (Wildman–Crippen MR) is 72.1 cm³/mol. The van der Waals surface area contributed by atoms with Crippen LogP contribution >= 0.6 is 0 Å². The molecule has 1 aliphatic carbocycles. The van der Waals surface area contributed by atoms with Crippen molar-refractivity contribution in [1.29, 1.82) is 0 Å². The Morgan fingerprint density at radius 1 is 1.29 bits per heavy atom. The molecule has 3 unspecified atom stereocenters. The van der Waals surface area contributed by atoms with Crippen LogP contribution in [-0.4, -0.2) is 36.6 Å². The molecule has 3 fully saturated rings. The van der Waals surface area contributed by atoms with E-state index in [1.165, 1.54) is 45.3 Å². The van der Waals surface area contributed by atoms with Gasteiger partial charge in [-0.25, -0.2) is 0 Å². The van der Waals surface area contributed by atoms with Crippen molar-refractivity contribution in [2.75, 3.05) is 19.6 Å². The van der Waals surface area contributed by atoms with Gasteiger partial charge in [0.05, 0.1) is 0 Å². The molecule has 2 heteroatoms. The van der Waals surface area contributed by atoms with Gasteiger partial charge in [-0.3, -0.25) is 4.90 Å². The molecule has 0 aromatic carbocycles. The van der Waals surface area contributed by atoms with Gasteiger partial charge in [-0.15, -0.1) is 0 Å². The molecule has 2 heterocycles. The van der Waals surface area contributed by atoms with E-state index in [0.717, 1.165) is 23.9 Å². The third-order valence-corrected chi connectivity index (χ3v) is 5.54. The van der Waals surface area contributed by atoms with Crippen LogP contribution < -0.4 is 5.32 Å². The maximum Gasteiger partial charge on any atom is 0.00994 e. The second-order valence-electron chi connectivity index (χ2n) is 7.12. The predicted octanol–water partition coefficient (Wildman–Crippen LogP) is 2.49. The minimum atomic E-state index is 0.640. The molecule has 3 atom stereocenters. The van der Waals surface area contributed by atoms with E-state index >= 15 is 0 Å². The molecule has 1 N–H and O–H groups in total. The molecule has 0 radical (unpaired) electrons. The first-order valence-electron chi connectivity index (χ1n) is 7.59. The normalized spacial score (nSPS) is 43.8. The summed E-state index contributed by atoms with van der Waals surface area (Å²) in [5.41, 5.74) is 0.640. The van der Waals surface area contributed by atoms with Crippen LogP contribution in [0.3, 0.4) is 0 Å². The second-order valence-corrected chi connectivity index (χ2v) is 7.12. The summed E-state index contributed by atoms with van der Waals surface area (Å²) >= 11 is 0. The summed E-state index contributed by atoms with van der Waals surface area (Å²) in [5, 5.41) is 3.62. The molecule has 98 valence electrons. The van der Waals surface area contributed by atoms with Gasteiger partial charge < -0.3 is 5.32 Å². The number of rotatable bonds is 2. The second kappa shape index (κ2) is 4.24. The molecule has 1 saturated carbocycles. The largest absolute Gasteiger partial charge is 0.316 e. The zero-order valence-corrected chi connectivity index (χ0v) is 11.7. The molecule has 17 heavy (non-hydrogen) atoms. The van der Waals surface area contributed by atoms with Crippen molar-refractivity contribution in [1.82, 2.24) is 10.2 Å². The number of hydrogen-bond acceptors (Lipinski definition) is 2. The molecular weight excluding hydrogens is 208 g/mol. The standard InChI is InChI=1S/C15H28N2/c1-11(2)14-9-16-7-6-15(14)8-12(3)17(10-15)13-4-5-13/h11-14,16H,4-10H2,1-3H3. The number of nitrogens with one attached hydrogen (secondary N) is 1. The van der Waals surface area contributed by atoms with Crippen molar-refractivity contribution in [3.63, 3.8) is 0 Å². The van der Waals surface area contributed by atoms with Crippen LogP contribution in [0, 0.1) is 17.3 Å². The summed E-state index contributed by atoms with van der Waals surface area (Å²) in [4.78, 5) is 2.83. The van der Waals surface area contributed by atoms with E-state index in [2.05, 4.69) is 31.0 Å². The summed E-state index contributed by atoms with van der Waals surface area (Å²) in [6, 6.07) is 1.79. The van der Waals surface area contributed by atoms with E-state index in [4.69, 9.17) is 0 Å². The lowest BCUT2D eigenvalue weighted by Crippen LogP contribution is -2.48. The first-order chi connectivity index (χ1) is 8.12. The number of likely N-dealkylation sites (tertiary alicyclic amines) is 1. The van der Waals surface area contributed by atoms with Crippen molar-refractivity contribution in [3.05, 3.63) is 0 Å². The van der Waals surface area contributed by atoms with Crippen LogP contribution in [0.4, 0.5) is 0 Å². The van der Waals surface area contributed by atoms with Crippen LogP contribution in [0.5, 0.6) is 0 Å². The van der Waals surface area contributed by atoms with E-state index in [1.54, 1.807) is 0 Å². The van der Waals surface area contributed by atoms with Gasteiger partial charge in [-0.2, -0.15) is 0 Å².